The topological polar surface area (TPSA) is 107 Å². The van der Waals surface area contributed by atoms with Gasteiger partial charge in [-0.2, -0.15) is 0 Å². The molecule has 0 saturated carbocycles. The van der Waals surface area contributed by atoms with E-state index >= 15 is 0 Å². The van der Waals surface area contributed by atoms with Crippen LogP contribution in [-0.4, -0.2) is 26.7 Å². The standard InChI is InChI=1S/C26H25ClN2O5/c1-3-4-13-26(2)28-24(27)20(25(33)34)29(26)14-15-9-11-16(12-10-15)17-7-5-6-8-18(17)19-21(30)23(32)22(19)31/h5-12,28,30H,3-4,13-14H2,1-2H3,(H,33,34). The summed E-state index contributed by atoms with van der Waals surface area (Å²) in [5.74, 6) is -1.59. The number of carboxylic acid groups (broad SMARTS) is 1. The van der Waals surface area contributed by atoms with Crippen LogP contribution in [0.3, 0.4) is 0 Å². The molecule has 0 aromatic heterocycles. The largest absolute Gasteiger partial charge is 0.503 e. The summed E-state index contributed by atoms with van der Waals surface area (Å²) in [7, 11) is 0. The molecule has 7 nitrogen and oxygen atoms in total. The minimum Gasteiger partial charge on any atom is -0.503 e. The van der Waals surface area contributed by atoms with Gasteiger partial charge >= 0.3 is 5.97 Å². The lowest BCUT2D eigenvalue weighted by atomic mass is 9.91. The Kier molecular flexibility index (Phi) is 6.23. The van der Waals surface area contributed by atoms with Crippen molar-refractivity contribution in [1.29, 1.82) is 0 Å². The number of aliphatic carboxylic acids is 1. The summed E-state index contributed by atoms with van der Waals surface area (Å²) in [4.78, 5) is 37.2. The van der Waals surface area contributed by atoms with E-state index in [1.807, 2.05) is 43.3 Å². The van der Waals surface area contributed by atoms with E-state index in [0.29, 0.717) is 17.7 Å². The maximum absolute atomic E-state index is 12.0. The van der Waals surface area contributed by atoms with E-state index in [9.17, 15) is 24.6 Å². The van der Waals surface area contributed by atoms with E-state index < -0.39 is 28.2 Å². The number of hydrogen-bond donors (Lipinski definition) is 3. The molecule has 3 N–H and O–H groups in total. The highest BCUT2D eigenvalue weighted by Gasteiger charge is 2.43. The Balaban J connectivity index is 1.65. The molecule has 3 aromatic carbocycles. The highest BCUT2D eigenvalue weighted by Crippen LogP contribution is 2.37. The number of hydrogen-bond acceptors (Lipinski definition) is 6. The fourth-order valence-corrected chi connectivity index (χ4v) is 4.85. The van der Waals surface area contributed by atoms with E-state index in [-0.39, 0.29) is 16.4 Å². The Morgan fingerprint density at radius 1 is 1.06 bits per heavy atom. The average molecular weight is 481 g/mol. The second kappa shape index (κ2) is 8.99. The van der Waals surface area contributed by atoms with Crippen LogP contribution >= 0.6 is 11.6 Å². The van der Waals surface area contributed by atoms with E-state index in [0.717, 1.165) is 30.4 Å². The predicted molar refractivity (Wildman–Crippen MR) is 131 cm³/mol. The summed E-state index contributed by atoms with van der Waals surface area (Å²) in [5, 5.41) is 22.9. The van der Waals surface area contributed by atoms with Gasteiger partial charge in [0.1, 0.15) is 10.8 Å². The number of benzene rings is 2. The molecule has 0 radical (unpaired) electrons. The highest BCUT2D eigenvalue weighted by molar-refractivity contribution is 6.31. The van der Waals surface area contributed by atoms with E-state index in [2.05, 4.69) is 12.2 Å². The molecule has 1 aliphatic rings. The Labute approximate surface area is 201 Å². The molecule has 0 fully saturated rings. The molecule has 1 unspecified atom stereocenters. The third-order valence-electron chi connectivity index (χ3n) is 6.36. The second-order valence-corrected chi connectivity index (χ2v) is 9.06. The molecule has 34 heavy (non-hydrogen) atoms. The van der Waals surface area contributed by atoms with Crippen LogP contribution in [0.25, 0.3) is 22.3 Å². The van der Waals surface area contributed by atoms with Gasteiger partial charge in [0.2, 0.25) is 5.43 Å². The zero-order valence-corrected chi connectivity index (χ0v) is 19.6. The number of halogens is 1. The van der Waals surface area contributed by atoms with Crippen molar-refractivity contribution in [2.75, 3.05) is 0 Å². The number of carboxylic acids is 1. The van der Waals surface area contributed by atoms with Crippen LogP contribution in [0, 0.1) is 0 Å². The Hall–Kier alpha value is -3.58. The van der Waals surface area contributed by atoms with Gasteiger partial charge in [0, 0.05) is 6.54 Å². The van der Waals surface area contributed by atoms with Gasteiger partial charge in [-0.25, -0.2) is 4.79 Å². The molecule has 0 amide bonds. The maximum Gasteiger partial charge on any atom is 0.355 e. The van der Waals surface area contributed by atoms with E-state index in [1.54, 1.807) is 17.0 Å². The third kappa shape index (κ3) is 3.96. The van der Waals surface area contributed by atoms with Crippen LogP contribution in [0.15, 0.2) is 69.0 Å². The lowest BCUT2D eigenvalue weighted by Gasteiger charge is -2.38. The SMILES string of the molecule is CCCCC1(C)NC(Cl)=C(C(=O)O)N1Cc1ccc(-c2ccccc2-c2c(O)c(=O)c2=O)cc1. The Bertz CT molecular complexity index is 1350. The molecule has 3 aromatic rings. The van der Waals surface area contributed by atoms with Crippen LogP contribution < -0.4 is 16.2 Å². The lowest BCUT2D eigenvalue weighted by Crippen LogP contribution is -2.50. The summed E-state index contributed by atoms with van der Waals surface area (Å²) >= 11 is 6.27. The summed E-state index contributed by atoms with van der Waals surface area (Å²) in [6.07, 6.45) is 2.61. The molecule has 0 spiro atoms. The number of nitrogens with zero attached hydrogens (tertiary/aromatic N) is 1. The number of unbranched alkanes of at least 4 members (excludes halogenated alkanes) is 1. The predicted octanol–water partition coefficient (Wildman–Crippen LogP) is 4.13. The van der Waals surface area contributed by atoms with Crippen LogP contribution in [-0.2, 0) is 11.3 Å². The first-order chi connectivity index (χ1) is 16.2. The zero-order valence-electron chi connectivity index (χ0n) is 18.9. The number of nitrogens with one attached hydrogen (secondary N) is 1. The normalized spacial score (nSPS) is 17.9. The lowest BCUT2D eigenvalue weighted by molar-refractivity contribution is -0.135. The van der Waals surface area contributed by atoms with Crippen molar-refractivity contribution in [2.45, 2.75) is 45.3 Å². The van der Waals surface area contributed by atoms with Crippen LogP contribution in [0.2, 0.25) is 0 Å². The molecule has 0 saturated heterocycles. The van der Waals surface area contributed by atoms with Crippen molar-refractivity contribution in [3.63, 3.8) is 0 Å². The number of rotatable bonds is 8. The molecule has 0 aliphatic carbocycles. The summed E-state index contributed by atoms with van der Waals surface area (Å²) in [6, 6.07) is 14.6. The monoisotopic (exact) mass is 480 g/mol. The molecular formula is C26H25ClN2O5. The van der Waals surface area contributed by atoms with Gasteiger partial charge in [0.05, 0.1) is 5.56 Å². The molecule has 1 atom stereocenters. The number of aromatic hydroxyl groups is 1. The van der Waals surface area contributed by atoms with Crippen molar-refractivity contribution in [3.05, 3.63) is 85.4 Å². The van der Waals surface area contributed by atoms with Gasteiger partial charge in [-0.05, 0) is 42.0 Å². The van der Waals surface area contributed by atoms with Crippen molar-refractivity contribution in [2.24, 2.45) is 0 Å². The smallest absolute Gasteiger partial charge is 0.355 e. The van der Waals surface area contributed by atoms with E-state index in [1.165, 1.54) is 0 Å². The van der Waals surface area contributed by atoms with Crippen LogP contribution in [0.4, 0.5) is 0 Å². The zero-order chi connectivity index (χ0) is 24.6. The first-order valence-electron chi connectivity index (χ1n) is 11.1. The van der Waals surface area contributed by atoms with Crippen molar-refractivity contribution in [1.82, 2.24) is 10.2 Å². The maximum atomic E-state index is 12.0. The van der Waals surface area contributed by atoms with Crippen LogP contribution in [0.5, 0.6) is 5.75 Å². The summed E-state index contributed by atoms with van der Waals surface area (Å²) in [5.41, 5.74) is 0.784. The van der Waals surface area contributed by atoms with Gasteiger partial charge < -0.3 is 20.4 Å². The Morgan fingerprint density at radius 3 is 2.29 bits per heavy atom. The molecule has 1 aliphatic heterocycles. The minimum absolute atomic E-state index is 0.0328. The second-order valence-electron chi connectivity index (χ2n) is 8.68. The van der Waals surface area contributed by atoms with Gasteiger partial charge in [-0.1, -0.05) is 73.5 Å². The van der Waals surface area contributed by atoms with Gasteiger partial charge in [0.15, 0.2) is 11.4 Å². The van der Waals surface area contributed by atoms with Crippen molar-refractivity contribution < 1.29 is 15.0 Å². The quantitative estimate of drug-likeness (QED) is 0.329. The number of carbonyl (C=O) groups is 1. The fraction of sp³-hybridized carbons (Fsp3) is 0.269. The highest BCUT2D eigenvalue weighted by atomic mass is 35.5. The molecule has 8 heteroatoms. The fourth-order valence-electron chi connectivity index (χ4n) is 4.46. The third-order valence-corrected chi connectivity index (χ3v) is 6.63. The van der Waals surface area contributed by atoms with Gasteiger partial charge in [0.25, 0.3) is 5.43 Å². The van der Waals surface area contributed by atoms with Gasteiger partial charge in [-0.3, -0.25) is 9.59 Å². The molecule has 1 heterocycles. The molecule has 0 bridgehead atoms. The first-order valence-corrected chi connectivity index (χ1v) is 11.5. The molecule has 176 valence electrons. The summed E-state index contributed by atoms with van der Waals surface area (Å²) < 4.78 is 0. The average Bonchev–Trinajstić information content (AvgIpc) is 3.08. The summed E-state index contributed by atoms with van der Waals surface area (Å²) in [6.45, 7) is 4.36. The molecular weight excluding hydrogens is 456 g/mol. The molecule has 4 rings (SSSR count). The van der Waals surface area contributed by atoms with E-state index in [4.69, 9.17) is 11.6 Å². The van der Waals surface area contributed by atoms with Crippen LogP contribution in [0.1, 0.15) is 38.7 Å². The Morgan fingerprint density at radius 2 is 1.71 bits per heavy atom. The van der Waals surface area contributed by atoms with Gasteiger partial charge in [-0.15, -0.1) is 0 Å². The van der Waals surface area contributed by atoms with Crippen molar-refractivity contribution >= 4 is 17.6 Å². The first kappa shape index (κ1) is 23.6. The minimum atomic E-state index is -1.09. The van der Waals surface area contributed by atoms with Crippen molar-refractivity contribution in [3.8, 4) is 28.0 Å².